The van der Waals surface area contributed by atoms with Crippen molar-refractivity contribution in [3.05, 3.63) is 29.6 Å². The van der Waals surface area contributed by atoms with Crippen molar-refractivity contribution in [2.45, 2.75) is 43.2 Å². The van der Waals surface area contributed by atoms with Crippen molar-refractivity contribution < 1.29 is 17.6 Å². The highest BCUT2D eigenvalue weighted by Crippen LogP contribution is 2.31. The average Bonchev–Trinajstić information content (AvgIpc) is 3.17. The van der Waals surface area contributed by atoms with Gasteiger partial charge in [-0.3, -0.25) is 4.79 Å². The molecule has 1 N–H and O–H groups in total. The first kappa shape index (κ1) is 14.5. The second-order valence-electron chi connectivity index (χ2n) is 5.71. The van der Waals surface area contributed by atoms with Crippen LogP contribution in [0.1, 0.15) is 24.8 Å². The number of nitrogens with one attached hydrogen (secondary N) is 1. The minimum Gasteiger partial charge on any atom is -0.338 e. The van der Waals surface area contributed by atoms with Gasteiger partial charge in [0.15, 0.2) is 0 Å². The van der Waals surface area contributed by atoms with Crippen LogP contribution in [0.25, 0.3) is 0 Å². The highest BCUT2D eigenvalue weighted by molar-refractivity contribution is 7.89. The summed E-state index contributed by atoms with van der Waals surface area (Å²) in [4.78, 5) is 13.6. The lowest BCUT2D eigenvalue weighted by Crippen LogP contribution is -2.37. The Labute approximate surface area is 123 Å². The largest absolute Gasteiger partial charge is 0.338 e. The fraction of sp³-hybridized carbons (Fsp3) is 0.500. The highest BCUT2D eigenvalue weighted by atomic mass is 32.2. The van der Waals surface area contributed by atoms with Crippen LogP contribution in [0.3, 0.4) is 0 Å². The molecule has 0 aromatic heterocycles. The smallest absolute Gasteiger partial charge is 0.240 e. The van der Waals surface area contributed by atoms with Crippen molar-refractivity contribution in [3.63, 3.8) is 0 Å². The Bertz CT molecular complexity index is 685. The molecule has 1 aromatic rings. The minimum atomic E-state index is -3.73. The van der Waals surface area contributed by atoms with E-state index in [1.807, 2.05) is 0 Å². The highest BCUT2D eigenvalue weighted by Gasteiger charge is 2.40. The maximum absolute atomic E-state index is 13.2. The Morgan fingerprint density at radius 3 is 2.67 bits per heavy atom. The van der Waals surface area contributed by atoms with E-state index in [4.69, 9.17) is 0 Å². The summed E-state index contributed by atoms with van der Waals surface area (Å²) in [7, 11) is -3.73. The number of rotatable bonds is 4. The monoisotopic (exact) mass is 312 g/mol. The normalized spacial score (nSPS) is 22.9. The number of likely N-dealkylation sites (tertiary alicyclic amines) is 1. The Kier molecular flexibility index (Phi) is 3.49. The number of sulfonamides is 1. The Balaban J connectivity index is 1.74. The van der Waals surface area contributed by atoms with Gasteiger partial charge in [-0.25, -0.2) is 17.5 Å². The number of amides is 1. The Morgan fingerprint density at radius 1 is 1.33 bits per heavy atom. The first-order chi connectivity index (χ1) is 9.87. The molecule has 0 radical (unpaired) electrons. The second-order valence-corrected chi connectivity index (χ2v) is 7.42. The minimum absolute atomic E-state index is 0.000451. The molecule has 1 atom stereocenters. The predicted molar refractivity (Wildman–Crippen MR) is 74.6 cm³/mol. The summed E-state index contributed by atoms with van der Waals surface area (Å²) in [6.07, 6.45) is 2.20. The molecule has 0 bridgehead atoms. The molecule has 1 saturated heterocycles. The lowest BCUT2D eigenvalue weighted by atomic mass is 10.2. The molecule has 21 heavy (non-hydrogen) atoms. The van der Waals surface area contributed by atoms with Crippen molar-refractivity contribution in [3.8, 4) is 0 Å². The lowest BCUT2D eigenvalue weighted by molar-refractivity contribution is -0.128. The Morgan fingerprint density at radius 2 is 2.05 bits per heavy atom. The third-order valence-corrected chi connectivity index (χ3v) is 5.43. The van der Waals surface area contributed by atoms with Crippen LogP contribution >= 0.6 is 0 Å². The van der Waals surface area contributed by atoms with E-state index in [0.717, 1.165) is 18.9 Å². The number of hydrogen-bond donors (Lipinski definition) is 1. The molecule has 0 spiro atoms. The van der Waals surface area contributed by atoms with E-state index >= 15 is 0 Å². The van der Waals surface area contributed by atoms with E-state index in [1.165, 1.54) is 19.1 Å². The fourth-order valence-corrected chi connectivity index (χ4v) is 3.93. The summed E-state index contributed by atoms with van der Waals surface area (Å²) in [5.41, 5.74) is 0.278. The summed E-state index contributed by atoms with van der Waals surface area (Å²) in [5.74, 6) is -0.439. The van der Waals surface area contributed by atoms with Crippen LogP contribution in [0.4, 0.5) is 4.39 Å². The SMILES string of the molecule is Cc1cc(S(=O)(=O)NC2CC(=O)N(C3CC3)C2)ccc1F. The van der Waals surface area contributed by atoms with Crippen LogP contribution in [-0.2, 0) is 14.8 Å². The first-order valence-electron chi connectivity index (χ1n) is 6.95. The van der Waals surface area contributed by atoms with Gasteiger partial charge < -0.3 is 4.90 Å². The van der Waals surface area contributed by atoms with Gasteiger partial charge in [0.25, 0.3) is 0 Å². The first-order valence-corrected chi connectivity index (χ1v) is 8.43. The molecule has 7 heteroatoms. The van der Waals surface area contributed by atoms with Crippen LogP contribution in [0.2, 0.25) is 0 Å². The van der Waals surface area contributed by atoms with E-state index in [9.17, 15) is 17.6 Å². The molecule has 1 aliphatic carbocycles. The fourth-order valence-electron chi connectivity index (χ4n) is 2.62. The number of carbonyl (C=O) groups is 1. The van der Waals surface area contributed by atoms with Crippen LogP contribution in [0.5, 0.6) is 0 Å². The summed E-state index contributed by atoms with van der Waals surface area (Å²) in [5, 5.41) is 0. The molecule has 2 aliphatic rings. The molecule has 1 heterocycles. The molecule has 5 nitrogen and oxygen atoms in total. The van der Waals surface area contributed by atoms with Gasteiger partial charge in [-0.05, 0) is 43.5 Å². The molecular weight excluding hydrogens is 295 g/mol. The molecule has 3 rings (SSSR count). The zero-order valence-electron chi connectivity index (χ0n) is 11.7. The van der Waals surface area contributed by atoms with Crippen LogP contribution in [-0.4, -0.2) is 37.9 Å². The molecule has 1 aliphatic heterocycles. The number of hydrogen-bond acceptors (Lipinski definition) is 3. The molecule has 1 aromatic carbocycles. The zero-order valence-corrected chi connectivity index (χ0v) is 12.5. The molecule has 1 saturated carbocycles. The van der Waals surface area contributed by atoms with Crippen molar-refractivity contribution in [1.29, 1.82) is 0 Å². The van der Waals surface area contributed by atoms with Gasteiger partial charge >= 0.3 is 0 Å². The van der Waals surface area contributed by atoms with Gasteiger partial charge in [0.05, 0.1) is 4.90 Å². The number of halogens is 1. The summed E-state index contributed by atoms with van der Waals surface area (Å²) < 4.78 is 40.3. The number of carbonyl (C=O) groups excluding carboxylic acids is 1. The predicted octanol–water partition coefficient (Wildman–Crippen LogP) is 1.18. The van der Waals surface area contributed by atoms with Gasteiger partial charge in [0.2, 0.25) is 15.9 Å². The van der Waals surface area contributed by atoms with E-state index in [-0.39, 0.29) is 22.8 Å². The summed E-state index contributed by atoms with van der Waals surface area (Å²) in [6.45, 7) is 1.94. The third kappa shape index (κ3) is 2.94. The summed E-state index contributed by atoms with van der Waals surface area (Å²) >= 11 is 0. The number of benzene rings is 1. The van der Waals surface area contributed by atoms with E-state index < -0.39 is 21.9 Å². The van der Waals surface area contributed by atoms with Crippen LogP contribution in [0.15, 0.2) is 23.1 Å². The Hall–Kier alpha value is -1.47. The van der Waals surface area contributed by atoms with E-state index in [1.54, 1.807) is 4.90 Å². The van der Waals surface area contributed by atoms with Crippen molar-refractivity contribution in [2.24, 2.45) is 0 Å². The van der Waals surface area contributed by atoms with Crippen molar-refractivity contribution >= 4 is 15.9 Å². The van der Waals surface area contributed by atoms with Crippen LogP contribution in [0, 0.1) is 12.7 Å². The molecule has 1 unspecified atom stereocenters. The number of nitrogens with zero attached hydrogens (tertiary/aromatic N) is 1. The van der Waals surface area contributed by atoms with Gasteiger partial charge in [-0.1, -0.05) is 0 Å². The molecule has 114 valence electrons. The van der Waals surface area contributed by atoms with E-state index in [0.29, 0.717) is 12.6 Å². The quantitative estimate of drug-likeness (QED) is 0.908. The van der Waals surface area contributed by atoms with Gasteiger partial charge in [-0.2, -0.15) is 0 Å². The van der Waals surface area contributed by atoms with Gasteiger partial charge in [0, 0.05) is 25.0 Å². The van der Waals surface area contributed by atoms with Crippen LogP contribution < -0.4 is 4.72 Å². The van der Waals surface area contributed by atoms with Crippen molar-refractivity contribution in [1.82, 2.24) is 9.62 Å². The number of aryl methyl sites for hydroxylation is 1. The van der Waals surface area contributed by atoms with Crippen molar-refractivity contribution in [2.75, 3.05) is 6.54 Å². The molecule has 1 amide bonds. The lowest BCUT2D eigenvalue weighted by Gasteiger charge is -2.16. The maximum Gasteiger partial charge on any atom is 0.240 e. The standard InChI is InChI=1S/C14H17FN2O3S/c1-9-6-12(4-5-13(9)15)21(19,20)16-10-7-14(18)17(8-10)11-2-3-11/h4-6,10-11,16H,2-3,7-8H2,1H3. The summed E-state index contributed by atoms with van der Waals surface area (Å²) in [6, 6.07) is 3.56. The molecule has 2 fully saturated rings. The van der Waals surface area contributed by atoms with Gasteiger partial charge in [-0.15, -0.1) is 0 Å². The third-order valence-electron chi connectivity index (χ3n) is 3.91. The van der Waals surface area contributed by atoms with Gasteiger partial charge in [0.1, 0.15) is 5.82 Å². The zero-order chi connectivity index (χ0) is 15.2. The second kappa shape index (κ2) is 5.06. The average molecular weight is 312 g/mol. The maximum atomic E-state index is 13.2. The molecular formula is C14H17FN2O3S. The topological polar surface area (TPSA) is 66.5 Å². The van der Waals surface area contributed by atoms with E-state index in [2.05, 4.69) is 4.72 Å².